The van der Waals surface area contributed by atoms with E-state index in [-0.39, 0.29) is 5.41 Å². The van der Waals surface area contributed by atoms with Gasteiger partial charge in [0.2, 0.25) is 5.95 Å². The minimum absolute atomic E-state index is 0.0503. The lowest BCUT2D eigenvalue weighted by molar-refractivity contribution is -0.193. The van der Waals surface area contributed by atoms with Crippen molar-refractivity contribution in [2.24, 2.45) is 5.41 Å². The third kappa shape index (κ3) is 10.9. The third-order valence-corrected chi connectivity index (χ3v) is 5.68. The smallest absolute Gasteiger partial charge is 0.475 e. The monoisotopic (exact) mass is 585 g/mol. The van der Waals surface area contributed by atoms with Gasteiger partial charge in [0.25, 0.3) is 0 Å². The van der Waals surface area contributed by atoms with E-state index in [1.807, 2.05) is 12.3 Å². The molecule has 0 radical (unpaired) electrons. The van der Waals surface area contributed by atoms with Gasteiger partial charge in [0.15, 0.2) is 5.82 Å². The van der Waals surface area contributed by atoms with Crippen molar-refractivity contribution in [3.63, 3.8) is 0 Å². The summed E-state index contributed by atoms with van der Waals surface area (Å²) in [5.41, 5.74) is 1.28. The first-order chi connectivity index (χ1) is 18.6. The maximum absolute atomic E-state index is 13.2. The lowest BCUT2D eigenvalue weighted by atomic mass is 9.80. The van der Waals surface area contributed by atoms with Gasteiger partial charge in [0, 0.05) is 44.0 Å². The number of hydrogen-bond donors (Lipinski definition) is 2. The van der Waals surface area contributed by atoms with Crippen LogP contribution in [0.5, 0.6) is 0 Å². The predicted octanol–water partition coefficient (Wildman–Crippen LogP) is 3.40. The molecule has 2 N–H and O–H groups in total. The average molecular weight is 585 g/mol. The van der Waals surface area contributed by atoms with E-state index in [0.717, 1.165) is 52.2 Å². The molecule has 0 amide bonds. The SMILES string of the molecule is Fc1cnc(N2CCOCC3(CCCN(Cc4cccnc4)C3)C2)nc1.O=C(O)C(F)(F)F.O=C(O)C(F)(F)F. The van der Waals surface area contributed by atoms with Crippen LogP contribution < -0.4 is 4.90 Å². The van der Waals surface area contributed by atoms with E-state index in [9.17, 15) is 30.7 Å². The Kier molecular flexibility index (Phi) is 11.5. The van der Waals surface area contributed by atoms with Crippen LogP contribution in [0.25, 0.3) is 0 Å². The molecule has 0 aliphatic carbocycles. The minimum atomic E-state index is -5.08. The molecule has 0 aromatic carbocycles. The Bertz CT molecular complexity index is 1070. The standard InChI is InChI=1S/C19H24FN5O.2C2HF3O2/c20-17-10-22-18(23-11-17)25-7-8-26-15-19(14-25)4-2-6-24(13-19)12-16-3-1-5-21-9-16;2*3-2(4,5)1(6)7/h1,3,5,9-11H,2,4,6-8,12-15H2;2*(H,6,7). The summed E-state index contributed by atoms with van der Waals surface area (Å²) in [5.74, 6) is -5.34. The van der Waals surface area contributed by atoms with Crippen molar-refractivity contribution in [2.75, 3.05) is 44.3 Å². The van der Waals surface area contributed by atoms with Crippen LogP contribution in [0.15, 0.2) is 36.9 Å². The van der Waals surface area contributed by atoms with E-state index in [4.69, 9.17) is 24.5 Å². The summed E-state index contributed by atoms with van der Waals surface area (Å²) in [5, 5.41) is 14.2. The molecule has 1 unspecified atom stereocenters. The van der Waals surface area contributed by atoms with Gasteiger partial charge in [-0.15, -0.1) is 0 Å². The number of alkyl halides is 6. The largest absolute Gasteiger partial charge is 0.490 e. The van der Waals surface area contributed by atoms with E-state index < -0.39 is 30.1 Å². The first-order valence-electron chi connectivity index (χ1n) is 11.6. The number of aliphatic carboxylic acids is 2. The Balaban J connectivity index is 0.000000333. The second kappa shape index (κ2) is 14.2. The molecule has 2 fully saturated rings. The van der Waals surface area contributed by atoms with Crippen molar-refractivity contribution < 1.29 is 55.3 Å². The minimum Gasteiger partial charge on any atom is -0.475 e. The molecule has 2 aromatic heterocycles. The lowest BCUT2D eigenvalue weighted by Crippen LogP contribution is -2.50. The summed E-state index contributed by atoms with van der Waals surface area (Å²) >= 11 is 0. The van der Waals surface area contributed by atoms with Gasteiger partial charge >= 0.3 is 24.3 Å². The number of anilines is 1. The maximum atomic E-state index is 13.2. The van der Waals surface area contributed by atoms with Crippen molar-refractivity contribution in [3.8, 4) is 0 Å². The Morgan fingerprint density at radius 3 is 2.10 bits per heavy atom. The number of halogens is 7. The highest BCUT2D eigenvalue weighted by atomic mass is 19.4. The molecule has 1 atom stereocenters. The number of aromatic nitrogens is 3. The Labute approximate surface area is 223 Å². The molecule has 10 nitrogen and oxygen atoms in total. The highest BCUT2D eigenvalue weighted by Crippen LogP contribution is 2.34. The zero-order valence-electron chi connectivity index (χ0n) is 20.8. The number of carboxylic acids is 2. The number of pyridine rings is 1. The van der Waals surface area contributed by atoms with Crippen LogP contribution in [0.4, 0.5) is 36.7 Å². The van der Waals surface area contributed by atoms with Crippen LogP contribution in [0.2, 0.25) is 0 Å². The molecule has 0 saturated carbocycles. The topological polar surface area (TPSA) is 129 Å². The Hall–Kier alpha value is -3.60. The number of likely N-dealkylation sites (tertiary alicyclic amines) is 1. The predicted molar refractivity (Wildman–Crippen MR) is 124 cm³/mol. The van der Waals surface area contributed by atoms with E-state index >= 15 is 0 Å². The van der Waals surface area contributed by atoms with E-state index in [2.05, 4.69) is 30.8 Å². The molecule has 17 heteroatoms. The fourth-order valence-corrected chi connectivity index (χ4v) is 4.07. The van der Waals surface area contributed by atoms with Crippen LogP contribution in [-0.4, -0.2) is 93.7 Å². The summed E-state index contributed by atoms with van der Waals surface area (Å²) < 4.78 is 82.6. The lowest BCUT2D eigenvalue weighted by Gasteiger charge is -2.43. The first-order valence-corrected chi connectivity index (χ1v) is 11.6. The summed E-state index contributed by atoms with van der Waals surface area (Å²) in [6.45, 7) is 5.92. The zero-order valence-corrected chi connectivity index (χ0v) is 20.8. The summed E-state index contributed by atoms with van der Waals surface area (Å²) in [6, 6.07) is 4.11. The van der Waals surface area contributed by atoms with Crippen LogP contribution in [-0.2, 0) is 20.9 Å². The van der Waals surface area contributed by atoms with Crippen LogP contribution in [0.1, 0.15) is 18.4 Å². The maximum Gasteiger partial charge on any atom is 0.490 e. The van der Waals surface area contributed by atoms with E-state index in [1.165, 1.54) is 18.0 Å². The molecular weight excluding hydrogens is 559 g/mol. The molecular formula is C23H26F7N5O5. The number of carbonyl (C=O) groups is 2. The third-order valence-electron chi connectivity index (χ3n) is 5.68. The van der Waals surface area contributed by atoms with Crippen LogP contribution in [0.3, 0.4) is 0 Å². The second-order valence-electron chi connectivity index (χ2n) is 8.96. The normalized spacial score (nSPS) is 19.9. The van der Waals surface area contributed by atoms with Gasteiger partial charge in [-0.1, -0.05) is 6.07 Å². The summed E-state index contributed by atoms with van der Waals surface area (Å²) in [6.07, 6.45) is -1.70. The molecule has 40 heavy (non-hydrogen) atoms. The van der Waals surface area contributed by atoms with E-state index in [0.29, 0.717) is 12.6 Å². The quantitative estimate of drug-likeness (QED) is 0.518. The van der Waals surface area contributed by atoms with Gasteiger partial charge in [-0.2, -0.15) is 26.3 Å². The average Bonchev–Trinajstić information content (AvgIpc) is 3.07. The Morgan fingerprint density at radius 2 is 1.57 bits per heavy atom. The number of nitrogens with zero attached hydrogens (tertiary/aromatic N) is 5. The van der Waals surface area contributed by atoms with Crippen molar-refractivity contribution in [1.29, 1.82) is 0 Å². The molecule has 2 saturated heterocycles. The zero-order chi connectivity index (χ0) is 30.0. The molecule has 4 heterocycles. The number of rotatable bonds is 3. The summed E-state index contributed by atoms with van der Waals surface area (Å²) in [7, 11) is 0. The van der Waals surface area contributed by atoms with Crippen molar-refractivity contribution >= 4 is 17.9 Å². The summed E-state index contributed by atoms with van der Waals surface area (Å²) in [4.78, 5) is 35.0. The van der Waals surface area contributed by atoms with Gasteiger partial charge in [-0.05, 0) is 31.0 Å². The fourth-order valence-electron chi connectivity index (χ4n) is 4.07. The van der Waals surface area contributed by atoms with Gasteiger partial charge in [-0.25, -0.2) is 23.9 Å². The number of carboxylic acid groups (broad SMARTS) is 2. The molecule has 4 rings (SSSR count). The van der Waals surface area contributed by atoms with Gasteiger partial charge in [0.05, 0.1) is 25.6 Å². The molecule has 2 aromatic rings. The van der Waals surface area contributed by atoms with Crippen LogP contribution >= 0.6 is 0 Å². The van der Waals surface area contributed by atoms with E-state index in [1.54, 1.807) is 6.20 Å². The molecule has 2 aliphatic rings. The first kappa shape index (κ1) is 32.6. The molecule has 2 aliphatic heterocycles. The van der Waals surface area contributed by atoms with Gasteiger partial charge in [-0.3, -0.25) is 9.88 Å². The molecule has 1 spiro atoms. The Morgan fingerprint density at radius 1 is 0.975 bits per heavy atom. The fraction of sp³-hybridized carbons (Fsp3) is 0.522. The van der Waals surface area contributed by atoms with Gasteiger partial charge < -0.3 is 19.8 Å². The number of ether oxygens (including phenoxy) is 1. The highest BCUT2D eigenvalue weighted by Gasteiger charge is 2.40. The number of hydrogen-bond acceptors (Lipinski definition) is 8. The van der Waals surface area contributed by atoms with Crippen molar-refractivity contribution in [3.05, 3.63) is 48.3 Å². The van der Waals surface area contributed by atoms with Gasteiger partial charge in [0.1, 0.15) is 0 Å². The second-order valence-corrected chi connectivity index (χ2v) is 8.96. The highest BCUT2D eigenvalue weighted by molar-refractivity contribution is 5.73. The molecule has 222 valence electrons. The van der Waals surface area contributed by atoms with Crippen LogP contribution in [0, 0.1) is 11.2 Å². The van der Waals surface area contributed by atoms with Crippen molar-refractivity contribution in [2.45, 2.75) is 31.7 Å². The van der Waals surface area contributed by atoms with Crippen molar-refractivity contribution in [1.82, 2.24) is 19.9 Å². The number of piperidine rings is 1. The molecule has 0 bridgehead atoms.